The van der Waals surface area contributed by atoms with Gasteiger partial charge < -0.3 is 9.84 Å². The third-order valence-electron chi connectivity index (χ3n) is 9.89. The molecule has 1 aliphatic heterocycles. The van der Waals surface area contributed by atoms with E-state index in [1.54, 1.807) is 0 Å². The molecule has 6 aliphatic rings. The molecule has 0 amide bonds. The number of carboxylic acids is 1. The van der Waals surface area contributed by atoms with E-state index in [1.165, 1.54) is 5.57 Å². The van der Waals surface area contributed by atoms with Crippen LogP contribution in [0.25, 0.3) is 0 Å². The van der Waals surface area contributed by atoms with E-state index < -0.39 is 11.4 Å². The first-order valence-electron chi connectivity index (χ1n) is 11.3. The van der Waals surface area contributed by atoms with Gasteiger partial charge in [-0.2, -0.15) is 0 Å². The van der Waals surface area contributed by atoms with Crippen LogP contribution in [0, 0.1) is 51.8 Å². The highest BCUT2D eigenvalue weighted by molar-refractivity contribution is 5.98. The van der Waals surface area contributed by atoms with Crippen LogP contribution >= 0.6 is 0 Å². The number of fused-ring (bicyclic) bond motifs is 1. The number of rotatable bonds is 2. The fourth-order valence-electron chi connectivity index (χ4n) is 8.76. The molecule has 1 heterocycles. The summed E-state index contributed by atoms with van der Waals surface area (Å²) in [6, 6.07) is 0. The van der Waals surface area contributed by atoms with Gasteiger partial charge >= 0.3 is 17.9 Å². The van der Waals surface area contributed by atoms with Crippen molar-refractivity contribution in [3.8, 4) is 0 Å². The van der Waals surface area contributed by atoms with Crippen molar-refractivity contribution in [2.45, 2.75) is 66.2 Å². The van der Waals surface area contributed by atoms with Crippen molar-refractivity contribution in [3.05, 3.63) is 11.6 Å². The molecule has 1 saturated heterocycles. The molecule has 5 heteroatoms. The van der Waals surface area contributed by atoms with Gasteiger partial charge in [-0.15, -0.1) is 0 Å². The summed E-state index contributed by atoms with van der Waals surface area (Å²) in [5, 5.41) is 10.1. The molecule has 1 spiro atoms. The van der Waals surface area contributed by atoms with Crippen LogP contribution in [0.3, 0.4) is 0 Å². The molecule has 158 valence electrons. The van der Waals surface area contributed by atoms with Crippen molar-refractivity contribution in [2.75, 3.05) is 0 Å². The maximum absolute atomic E-state index is 12.9. The molecule has 0 aromatic heterocycles. The first kappa shape index (κ1) is 19.3. The van der Waals surface area contributed by atoms with Gasteiger partial charge in [-0.05, 0) is 68.1 Å². The van der Waals surface area contributed by atoms with Crippen molar-refractivity contribution in [3.63, 3.8) is 0 Å². The van der Waals surface area contributed by atoms with E-state index in [2.05, 4.69) is 26.8 Å². The average molecular weight is 401 g/mol. The molecule has 1 N–H and O–H groups in total. The maximum Gasteiger partial charge on any atom is 0.318 e. The first-order valence-corrected chi connectivity index (χ1v) is 11.3. The summed E-state index contributed by atoms with van der Waals surface area (Å²) in [4.78, 5) is 37.8. The van der Waals surface area contributed by atoms with Gasteiger partial charge in [0, 0.05) is 5.41 Å². The molecule has 0 aromatic carbocycles. The van der Waals surface area contributed by atoms with Crippen LogP contribution in [0.1, 0.15) is 66.2 Å². The minimum absolute atomic E-state index is 0.0550. The Morgan fingerprint density at radius 2 is 1.86 bits per heavy atom. The fourth-order valence-corrected chi connectivity index (χ4v) is 8.76. The maximum atomic E-state index is 12.9. The van der Waals surface area contributed by atoms with Crippen molar-refractivity contribution in [1.82, 2.24) is 0 Å². The molecule has 5 nitrogen and oxygen atoms in total. The molecule has 4 fully saturated rings. The highest BCUT2D eigenvalue weighted by Gasteiger charge is 2.73. The lowest BCUT2D eigenvalue weighted by atomic mass is 9.34. The predicted octanol–water partition coefficient (Wildman–Crippen LogP) is 4.21. The molecule has 0 aromatic rings. The number of carbonyl (C=O) groups excluding carboxylic acids is 2. The summed E-state index contributed by atoms with van der Waals surface area (Å²) in [5.74, 6) is -1.33. The number of aliphatic carboxylic acids is 1. The second kappa shape index (κ2) is 5.73. The SMILES string of the molecule is CC(C)C1=C[C@@]23CC[C@H]4[C@](C)(CCC[C@@]4(C)C(=O)O)[C@@H]2C[C@@H]1[C@H]1C(=O)OC(=O)[C@H]13. The van der Waals surface area contributed by atoms with Crippen LogP contribution < -0.4 is 0 Å². The second-order valence-corrected chi connectivity index (χ2v) is 11.2. The molecule has 5 aliphatic carbocycles. The smallest absolute Gasteiger partial charge is 0.318 e. The molecule has 0 radical (unpaired) electrons. The van der Waals surface area contributed by atoms with Crippen LogP contribution in [0.4, 0.5) is 0 Å². The Balaban J connectivity index is 1.67. The highest BCUT2D eigenvalue weighted by atomic mass is 16.6. The lowest BCUT2D eigenvalue weighted by molar-refractivity contribution is -0.195. The van der Waals surface area contributed by atoms with Gasteiger partial charge in [-0.1, -0.05) is 38.8 Å². The Labute approximate surface area is 172 Å². The quantitative estimate of drug-likeness (QED) is 0.427. The van der Waals surface area contributed by atoms with E-state index in [-0.39, 0.29) is 52.4 Å². The highest BCUT2D eigenvalue weighted by Crippen LogP contribution is 2.74. The summed E-state index contributed by atoms with van der Waals surface area (Å²) in [6.07, 6.45) is 7.48. The standard InChI is InChI=1S/C24H32O5/c1-12(2)14-11-24-9-6-15-22(3,7-5-8-23(15,4)21(27)28)16(24)10-13(14)17-18(24)20(26)29-19(17)25/h11-13,15-18H,5-10H2,1-4H3,(H,27,28)/t13-,15-,16-,17+,18-,22-,23+,24-/m0/s1. The Bertz CT molecular complexity index is 842. The summed E-state index contributed by atoms with van der Waals surface area (Å²) < 4.78 is 5.20. The van der Waals surface area contributed by atoms with Gasteiger partial charge in [0.05, 0.1) is 17.3 Å². The summed E-state index contributed by atoms with van der Waals surface area (Å²) >= 11 is 0. The monoisotopic (exact) mass is 400 g/mol. The lowest BCUT2D eigenvalue weighted by Gasteiger charge is -2.68. The molecule has 6 rings (SSSR count). The number of ether oxygens (including phenoxy) is 1. The van der Waals surface area contributed by atoms with Gasteiger partial charge in [0.25, 0.3) is 0 Å². The van der Waals surface area contributed by atoms with Crippen molar-refractivity contribution in [1.29, 1.82) is 0 Å². The van der Waals surface area contributed by atoms with Crippen molar-refractivity contribution in [2.24, 2.45) is 51.8 Å². The van der Waals surface area contributed by atoms with E-state index in [1.807, 2.05) is 6.92 Å². The third kappa shape index (κ3) is 2.14. The summed E-state index contributed by atoms with van der Waals surface area (Å²) in [7, 11) is 0. The van der Waals surface area contributed by atoms with Crippen LogP contribution in [0.5, 0.6) is 0 Å². The zero-order valence-corrected chi connectivity index (χ0v) is 17.9. The molecule has 2 bridgehead atoms. The number of cyclic esters (lactones) is 2. The van der Waals surface area contributed by atoms with E-state index in [9.17, 15) is 19.5 Å². The number of carboxylic acid groups (broad SMARTS) is 1. The molecule has 0 unspecified atom stereocenters. The predicted molar refractivity (Wildman–Crippen MR) is 105 cm³/mol. The number of allylic oxidation sites excluding steroid dienone is 2. The Hall–Kier alpha value is -1.65. The minimum Gasteiger partial charge on any atom is -0.481 e. The van der Waals surface area contributed by atoms with Gasteiger partial charge in [0.2, 0.25) is 0 Å². The van der Waals surface area contributed by atoms with Gasteiger partial charge in [-0.3, -0.25) is 14.4 Å². The van der Waals surface area contributed by atoms with Crippen molar-refractivity contribution < 1.29 is 24.2 Å². The zero-order chi connectivity index (χ0) is 20.9. The van der Waals surface area contributed by atoms with Gasteiger partial charge in [0.15, 0.2) is 0 Å². The second-order valence-electron chi connectivity index (χ2n) is 11.2. The van der Waals surface area contributed by atoms with E-state index in [4.69, 9.17) is 4.74 Å². The first-order chi connectivity index (χ1) is 13.6. The number of esters is 2. The Morgan fingerprint density at radius 1 is 1.14 bits per heavy atom. The van der Waals surface area contributed by atoms with Crippen LogP contribution in [-0.2, 0) is 19.1 Å². The Morgan fingerprint density at radius 3 is 2.52 bits per heavy atom. The summed E-state index contributed by atoms with van der Waals surface area (Å²) in [5.41, 5.74) is 0.122. The summed E-state index contributed by atoms with van der Waals surface area (Å²) in [6.45, 7) is 8.56. The number of hydrogen-bond acceptors (Lipinski definition) is 4. The van der Waals surface area contributed by atoms with E-state index in [0.29, 0.717) is 5.92 Å². The largest absolute Gasteiger partial charge is 0.481 e. The average Bonchev–Trinajstić information content (AvgIpc) is 2.97. The van der Waals surface area contributed by atoms with Gasteiger partial charge in [-0.25, -0.2) is 0 Å². The lowest BCUT2D eigenvalue weighted by Crippen LogP contribution is -2.65. The zero-order valence-electron chi connectivity index (χ0n) is 17.9. The third-order valence-corrected chi connectivity index (χ3v) is 9.89. The molecule has 3 saturated carbocycles. The van der Waals surface area contributed by atoms with Gasteiger partial charge in [0.1, 0.15) is 0 Å². The minimum atomic E-state index is -0.707. The normalized spacial score (nSPS) is 50.5. The van der Waals surface area contributed by atoms with Crippen molar-refractivity contribution >= 4 is 17.9 Å². The van der Waals surface area contributed by atoms with Crippen LogP contribution in [0.2, 0.25) is 0 Å². The van der Waals surface area contributed by atoms with E-state index >= 15 is 0 Å². The number of carbonyl (C=O) groups is 3. The van der Waals surface area contributed by atoms with Crippen LogP contribution in [0.15, 0.2) is 11.6 Å². The molecule has 8 atom stereocenters. The van der Waals surface area contributed by atoms with Crippen LogP contribution in [-0.4, -0.2) is 23.0 Å². The topological polar surface area (TPSA) is 80.7 Å². The molecule has 29 heavy (non-hydrogen) atoms. The fraction of sp³-hybridized carbons (Fsp3) is 0.792. The molecular weight excluding hydrogens is 368 g/mol. The Kier molecular flexibility index (Phi) is 3.82. The number of hydrogen-bond donors (Lipinski definition) is 1. The molecular formula is C24H32O5. The van der Waals surface area contributed by atoms with E-state index in [0.717, 1.165) is 38.5 Å².